The average Bonchev–Trinajstić information content (AvgIpc) is 3.13. The number of imidazole rings is 1. The number of nitrogens with zero attached hydrogens (tertiary/aromatic N) is 4. The van der Waals surface area contributed by atoms with Crippen LogP contribution >= 0.6 is 0 Å². The Kier molecular flexibility index (Phi) is 4.33. The Labute approximate surface area is 160 Å². The zero-order valence-electron chi connectivity index (χ0n) is 15.3. The van der Waals surface area contributed by atoms with Gasteiger partial charge in [-0.05, 0) is 38.1 Å². The fourth-order valence-electron chi connectivity index (χ4n) is 3.48. The van der Waals surface area contributed by atoms with E-state index < -0.39 is 24.5 Å². The fraction of sp³-hybridized carbons (Fsp3) is 0.250. The quantitative estimate of drug-likeness (QED) is 0.637. The molecule has 28 heavy (non-hydrogen) atoms. The van der Waals surface area contributed by atoms with Crippen molar-refractivity contribution in [2.24, 2.45) is 0 Å². The number of aromatic nitrogens is 2. The molecular formula is C20H18F2N4O2. The molecule has 1 aromatic heterocycles. The van der Waals surface area contributed by atoms with Crippen LogP contribution in [0, 0.1) is 6.92 Å². The number of carbonyl (C=O) groups excluding carboxylic acids is 2. The monoisotopic (exact) mass is 384 g/mol. The highest BCUT2D eigenvalue weighted by Gasteiger charge is 2.44. The van der Waals surface area contributed by atoms with Gasteiger partial charge in [0.05, 0.1) is 17.6 Å². The molecule has 1 aliphatic heterocycles. The summed E-state index contributed by atoms with van der Waals surface area (Å²) in [5.74, 6) is -0.477. The molecule has 0 saturated carbocycles. The van der Waals surface area contributed by atoms with Gasteiger partial charge in [0, 0.05) is 5.69 Å². The number of rotatable bonds is 4. The van der Waals surface area contributed by atoms with Crippen molar-refractivity contribution in [3.63, 3.8) is 0 Å². The van der Waals surface area contributed by atoms with E-state index in [4.69, 9.17) is 0 Å². The van der Waals surface area contributed by atoms with Crippen molar-refractivity contribution >= 4 is 28.7 Å². The topological polar surface area (TPSA) is 58.4 Å². The van der Waals surface area contributed by atoms with Crippen LogP contribution in [0.15, 0.2) is 48.5 Å². The van der Waals surface area contributed by atoms with Gasteiger partial charge in [-0.15, -0.1) is 0 Å². The summed E-state index contributed by atoms with van der Waals surface area (Å²) in [6, 6.07) is 12.4. The van der Waals surface area contributed by atoms with E-state index in [1.807, 2.05) is 19.1 Å². The predicted molar refractivity (Wildman–Crippen MR) is 100 cm³/mol. The number of benzene rings is 2. The molecule has 0 unspecified atom stereocenters. The molecule has 6 nitrogen and oxygen atoms in total. The first kappa shape index (κ1) is 18.1. The number of fused-ring (bicyclic) bond motifs is 1. The molecule has 0 N–H and O–H groups in total. The maximum absolute atomic E-state index is 13.6. The van der Waals surface area contributed by atoms with E-state index in [1.165, 1.54) is 11.0 Å². The van der Waals surface area contributed by atoms with E-state index in [9.17, 15) is 18.4 Å². The van der Waals surface area contributed by atoms with Crippen molar-refractivity contribution in [2.75, 3.05) is 4.90 Å². The summed E-state index contributed by atoms with van der Waals surface area (Å²) in [4.78, 5) is 32.2. The van der Waals surface area contributed by atoms with Gasteiger partial charge in [0.25, 0.3) is 5.91 Å². The lowest BCUT2D eigenvalue weighted by Crippen LogP contribution is -2.34. The lowest BCUT2D eigenvalue weighted by atomic mass is 10.2. The smallest absolute Gasteiger partial charge is 0.282 e. The molecule has 4 rings (SSSR count). The highest BCUT2D eigenvalue weighted by molar-refractivity contribution is 6.13. The summed E-state index contributed by atoms with van der Waals surface area (Å²) in [6.07, 6.45) is 0. The van der Waals surface area contributed by atoms with Crippen LogP contribution < -0.4 is 4.90 Å². The van der Waals surface area contributed by atoms with Crippen molar-refractivity contribution in [3.8, 4) is 0 Å². The number of amides is 3. The number of halogens is 2. The number of aryl methyl sites for hydroxylation is 1. The van der Waals surface area contributed by atoms with Crippen LogP contribution in [0.4, 0.5) is 19.3 Å². The number of urea groups is 1. The summed E-state index contributed by atoms with van der Waals surface area (Å²) < 4.78 is 28.0. The van der Waals surface area contributed by atoms with E-state index in [2.05, 4.69) is 4.98 Å². The molecule has 3 aromatic rings. The lowest BCUT2D eigenvalue weighted by molar-refractivity contribution is -0.127. The minimum absolute atomic E-state index is 0.0316. The van der Waals surface area contributed by atoms with Gasteiger partial charge >= 0.3 is 12.6 Å². The summed E-state index contributed by atoms with van der Waals surface area (Å²) in [5.41, 5.74) is 2.26. The van der Waals surface area contributed by atoms with Crippen molar-refractivity contribution in [1.82, 2.24) is 14.5 Å². The van der Waals surface area contributed by atoms with Gasteiger partial charge in [0.1, 0.15) is 11.9 Å². The molecule has 1 aliphatic rings. The summed E-state index contributed by atoms with van der Waals surface area (Å²) >= 11 is 0. The van der Waals surface area contributed by atoms with E-state index >= 15 is 0 Å². The van der Waals surface area contributed by atoms with Gasteiger partial charge in [-0.25, -0.2) is 9.78 Å². The molecule has 8 heteroatoms. The molecule has 2 heterocycles. The van der Waals surface area contributed by atoms with Gasteiger partial charge in [-0.3, -0.25) is 19.2 Å². The minimum atomic E-state index is -2.83. The Morgan fingerprint density at radius 2 is 1.75 bits per heavy atom. The molecule has 3 amide bonds. The number of hydrogen-bond donors (Lipinski definition) is 0. The average molecular weight is 384 g/mol. The third-order valence-corrected chi connectivity index (χ3v) is 4.92. The van der Waals surface area contributed by atoms with Gasteiger partial charge in [-0.1, -0.05) is 29.8 Å². The number of para-hydroxylation sites is 2. The molecule has 1 fully saturated rings. The summed E-state index contributed by atoms with van der Waals surface area (Å²) in [5, 5.41) is 0. The first-order valence-corrected chi connectivity index (χ1v) is 8.83. The summed E-state index contributed by atoms with van der Waals surface area (Å²) in [7, 11) is 0. The maximum atomic E-state index is 13.6. The van der Waals surface area contributed by atoms with E-state index in [-0.39, 0.29) is 17.9 Å². The number of alkyl halides is 2. The molecule has 1 saturated heterocycles. The zero-order valence-corrected chi connectivity index (χ0v) is 15.3. The van der Waals surface area contributed by atoms with Crippen molar-refractivity contribution < 1.29 is 18.4 Å². The predicted octanol–water partition coefficient (Wildman–Crippen LogP) is 4.10. The third-order valence-electron chi connectivity index (χ3n) is 4.92. The minimum Gasteiger partial charge on any atom is -0.282 e. The maximum Gasteiger partial charge on any atom is 0.332 e. The third kappa shape index (κ3) is 2.81. The Balaban J connectivity index is 1.70. The molecule has 144 valence electrons. The molecule has 0 radical (unpaired) electrons. The molecule has 1 atom stereocenters. The van der Waals surface area contributed by atoms with Crippen LogP contribution in [0.2, 0.25) is 0 Å². The van der Waals surface area contributed by atoms with E-state index in [0.29, 0.717) is 11.2 Å². The zero-order chi connectivity index (χ0) is 20.0. The van der Waals surface area contributed by atoms with Gasteiger partial charge in [0.2, 0.25) is 0 Å². The van der Waals surface area contributed by atoms with Crippen LogP contribution in [-0.2, 0) is 11.3 Å². The molecule has 0 aliphatic carbocycles. The van der Waals surface area contributed by atoms with E-state index in [0.717, 1.165) is 15.0 Å². The van der Waals surface area contributed by atoms with Crippen LogP contribution in [-0.4, -0.2) is 32.4 Å². The van der Waals surface area contributed by atoms with Gasteiger partial charge < -0.3 is 0 Å². The summed E-state index contributed by atoms with van der Waals surface area (Å²) in [6.45, 7) is 0.394. The Morgan fingerprint density at radius 1 is 1.07 bits per heavy atom. The first-order valence-electron chi connectivity index (χ1n) is 8.83. The van der Waals surface area contributed by atoms with Crippen LogP contribution in [0.1, 0.15) is 24.9 Å². The normalized spacial score (nSPS) is 17.4. The Morgan fingerprint density at radius 3 is 2.43 bits per heavy atom. The van der Waals surface area contributed by atoms with Crippen LogP contribution in [0.25, 0.3) is 11.0 Å². The van der Waals surface area contributed by atoms with Crippen molar-refractivity contribution in [1.29, 1.82) is 0 Å². The number of carbonyl (C=O) groups is 2. The Hall–Kier alpha value is -3.29. The largest absolute Gasteiger partial charge is 0.332 e. The second-order valence-electron chi connectivity index (χ2n) is 6.75. The number of anilines is 1. The van der Waals surface area contributed by atoms with Crippen LogP contribution in [0.3, 0.4) is 0 Å². The van der Waals surface area contributed by atoms with Crippen molar-refractivity contribution in [2.45, 2.75) is 33.0 Å². The van der Waals surface area contributed by atoms with Crippen molar-refractivity contribution in [3.05, 3.63) is 59.9 Å². The SMILES string of the molecule is Cc1ccc(N2C(=O)N(Cc3nc4ccccc4n3C(F)F)C(=O)[C@H]2C)cc1. The highest BCUT2D eigenvalue weighted by Crippen LogP contribution is 2.29. The standard InChI is InChI=1S/C20H18F2N4O2/c1-12-7-9-14(10-8-12)25-13(2)18(27)24(20(25)28)11-17-23-15-5-3-4-6-16(15)26(17)19(21)22/h3-10,13,19H,11H2,1-2H3/t13-/m1/s1. The van der Waals surface area contributed by atoms with Gasteiger partial charge in [0.15, 0.2) is 0 Å². The molecule has 0 bridgehead atoms. The second kappa shape index (κ2) is 6.70. The lowest BCUT2D eigenvalue weighted by Gasteiger charge is -2.19. The second-order valence-corrected chi connectivity index (χ2v) is 6.75. The highest BCUT2D eigenvalue weighted by atomic mass is 19.3. The molecular weight excluding hydrogens is 366 g/mol. The molecule has 0 spiro atoms. The fourth-order valence-corrected chi connectivity index (χ4v) is 3.48. The number of imide groups is 1. The molecule has 2 aromatic carbocycles. The first-order chi connectivity index (χ1) is 13.4. The van der Waals surface area contributed by atoms with E-state index in [1.54, 1.807) is 37.3 Å². The number of hydrogen-bond acceptors (Lipinski definition) is 3. The van der Waals surface area contributed by atoms with Crippen LogP contribution in [0.5, 0.6) is 0 Å². The Bertz CT molecular complexity index is 1060. The van der Waals surface area contributed by atoms with Gasteiger partial charge in [-0.2, -0.15) is 8.78 Å².